The van der Waals surface area contributed by atoms with E-state index in [1.807, 2.05) is 42.3 Å². The van der Waals surface area contributed by atoms with Gasteiger partial charge in [-0.1, -0.05) is 23.4 Å². The fraction of sp³-hybridized carbons (Fsp3) is 0.381. The van der Waals surface area contributed by atoms with Crippen molar-refractivity contribution < 1.29 is 9.32 Å². The fourth-order valence-corrected chi connectivity index (χ4v) is 4.34. The molecule has 1 aromatic carbocycles. The van der Waals surface area contributed by atoms with Crippen LogP contribution in [0.25, 0.3) is 11.5 Å². The molecule has 138 valence electrons. The summed E-state index contributed by atoms with van der Waals surface area (Å²) < 4.78 is 5.56. The first-order chi connectivity index (χ1) is 13.2. The summed E-state index contributed by atoms with van der Waals surface area (Å²) in [6.07, 6.45) is 5.85. The largest absolute Gasteiger partial charge is 0.358 e. The Labute approximate surface area is 157 Å². The number of carbonyl (C=O) groups is 1. The van der Waals surface area contributed by atoms with Gasteiger partial charge in [-0.3, -0.25) is 4.79 Å². The Hall–Kier alpha value is -2.89. The number of aromatic amines is 1. The Kier molecular flexibility index (Phi) is 3.85. The molecule has 6 heteroatoms. The van der Waals surface area contributed by atoms with Crippen molar-refractivity contribution in [1.29, 1.82) is 0 Å². The highest BCUT2D eigenvalue weighted by Crippen LogP contribution is 2.35. The molecule has 0 saturated carbocycles. The van der Waals surface area contributed by atoms with E-state index in [-0.39, 0.29) is 11.8 Å². The van der Waals surface area contributed by atoms with Crippen LogP contribution in [0.1, 0.15) is 52.6 Å². The maximum Gasteiger partial charge on any atom is 0.254 e. The van der Waals surface area contributed by atoms with Crippen molar-refractivity contribution in [2.45, 2.75) is 44.6 Å². The van der Waals surface area contributed by atoms with Crippen LogP contribution in [0.2, 0.25) is 0 Å². The normalized spacial score (nSPS) is 22.3. The number of piperidine rings is 1. The summed E-state index contributed by atoms with van der Waals surface area (Å²) in [5.74, 6) is 1.43. The molecule has 3 aromatic rings. The topological polar surface area (TPSA) is 75.0 Å². The number of H-pyrrole nitrogens is 1. The Morgan fingerprint density at radius 3 is 2.96 bits per heavy atom. The zero-order valence-corrected chi connectivity index (χ0v) is 15.3. The number of amides is 1. The lowest BCUT2D eigenvalue weighted by atomic mass is 9.90. The molecule has 4 heterocycles. The Morgan fingerprint density at radius 2 is 2.11 bits per heavy atom. The highest BCUT2D eigenvalue weighted by atomic mass is 16.5. The molecule has 2 atom stereocenters. The average molecular weight is 362 g/mol. The number of hydrogen-bond donors (Lipinski definition) is 1. The minimum Gasteiger partial charge on any atom is -0.358 e. The van der Waals surface area contributed by atoms with Gasteiger partial charge in [0.1, 0.15) is 0 Å². The van der Waals surface area contributed by atoms with E-state index in [0.717, 1.165) is 48.1 Å². The SMILES string of the molecule is Cc1c[nH]c(-c2noc([C@@H]3CC[C@H]4CCc5ccccc5C(=O)N4C3)n2)c1. The van der Waals surface area contributed by atoms with Gasteiger partial charge in [0.25, 0.3) is 5.91 Å². The highest BCUT2D eigenvalue weighted by Gasteiger charge is 2.37. The summed E-state index contributed by atoms with van der Waals surface area (Å²) in [4.78, 5) is 22.9. The van der Waals surface area contributed by atoms with Gasteiger partial charge in [0.15, 0.2) is 0 Å². The third-order valence-corrected chi connectivity index (χ3v) is 5.82. The smallest absolute Gasteiger partial charge is 0.254 e. The summed E-state index contributed by atoms with van der Waals surface area (Å²) in [6.45, 7) is 2.66. The van der Waals surface area contributed by atoms with Crippen molar-refractivity contribution in [3.05, 3.63) is 59.1 Å². The summed E-state index contributed by atoms with van der Waals surface area (Å²) in [5, 5.41) is 4.13. The molecule has 1 fully saturated rings. The maximum atomic E-state index is 13.1. The standard InChI is InChI=1S/C21H22N4O2/c1-13-10-18(22-11-13)19-23-20(27-24-19)15-7-9-16-8-6-14-4-2-3-5-17(14)21(26)25(16)12-15/h2-5,10-11,15-16,22H,6-9,12H2,1H3/t15-,16-/m1/s1. The number of nitrogens with one attached hydrogen (secondary N) is 1. The van der Waals surface area contributed by atoms with Crippen molar-refractivity contribution in [2.24, 2.45) is 0 Å². The van der Waals surface area contributed by atoms with Gasteiger partial charge in [0.2, 0.25) is 11.7 Å². The van der Waals surface area contributed by atoms with Crippen LogP contribution in [-0.2, 0) is 6.42 Å². The van der Waals surface area contributed by atoms with Gasteiger partial charge >= 0.3 is 0 Å². The van der Waals surface area contributed by atoms with Gasteiger partial charge in [-0.25, -0.2) is 0 Å². The van der Waals surface area contributed by atoms with E-state index in [0.29, 0.717) is 24.3 Å². The first-order valence-electron chi connectivity index (χ1n) is 9.57. The van der Waals surface area contributed by atoms with Crippen LogP contribution in [0.5, 0.6) is 0 Å². The van der Waals surface area contributed by atoms with Crippen LogP contribution < -0.4 is 0 Å². The molecule has 2 aromatic heterocycles. The predicted molar refractivity (Wildman–Crippen MR) is 100 cm³/mol. The van der Waals surface area contributed by atoms with Crippen LogP contribution in [0.15, 0.2) is 41.1 Å². The first kappa shape index (κ1) is 16.3. The van der Waals surface area contributed by atoms with Gasteiger partial charge in [-0.15, -0.1) is 0 Å². The number of carbonyl (C=O) groups excluding carboxylic acids is 1. The summed E-state index contributed by atoms with van der Waals surface area (Å²) in [7, 11) is 0. The molecule has 0 unspecified atom stereocenters. The van der Waals surface area contributed by atoms with Gasteiger partial charge in [-0.2, -0.15) is 4.98 Å². The number of benzene rings is 1. The second kappa shape index (κ2) is 6.37. The lowest BCUT2D eigenvalue weighted by Gasteiger charge is -2.37. The number of nitrogens with zero attached hydrogens (tertiary/aromatic N) is 3. The molecule has 1 N–H and O–H groups in total. The zero-order valence-electron chi connectivity index (χ0n) is 15.3. The van der Waals surface area contributed by atoms with Gasteiger partial charge < -0.3 is 14.4 Å². The molecule has 0 radical (unpaired) electrons. The van der Waals surface area contributed by atoms with Crippen molar-refractivity contribution in [2.75, 3.05) is 6.54 Å². The van der Waals surface area contributed by atoms with Crippen molar-refractivity contribution in [3.8, 4) is 11.5 Å². The van der Waals surface area contributed by atoms with E-state index in [2.05, 4.69) is 21.2 Å². The third kappa shape index (κ3) is 2.85. The fourth-order valence-electron chi connectivity index (χ4n) is 4.34. The second-order valence-corrected chi connectivity index (χ2v) is 7.63. The number of rotatable bonds is 2. The molecular weight excluding hydrogens is 340 g/mol. The van der Waals surface area contributed by atoms with E-state index in [1.54, 1.807) is 0 Å². The summed E-state index contributed by atoms with van der Waals surface area (Å²) >= 11 is 0. The van der Waals surface area contributed by atoms with Crippen molar-refractivity contribution in [3.63, 3.8) is 0 Å². The molecule has 1 saturated heterocycles. The average Bonchev–Trinajstić information content (AvgIpc) is 3.32. The van der Waals surface area contributed by atoms with E-state index < -0.39 is 0 Å². The van der Waals surface area contributed by atoms with E-state index in [1.165, 1.54) is 0 Å². The van der Waals surface area contributed by atoms with Crippen LogP contribution >= 0.6 is 0 Å². The molecule has 0 spiro atoms. The van der Waals surface area contributed by atoms with Crippen LogP contribution in [0, 0.1) is 6.92 Å². The van der Waals surface area contributed by atoms with Gasteiger partial charge in [0.05, 0.1) is 11.6 Å². The number of fused-ring (bicyclic) bond motifs is 2. The van der Waals surface area contributed by atoms with Gasteiger partial charge in [0, 0.05) is 24.3 Å². The lowest BCUT2D eigenvalue weighted by molar-refractivity contribution is 0.0570. The Bertz CT molecular complexity index is 989. The van der Waals surface area contributed by atoms with E-state index >= 15 is 0 Å². The number of aryl methyl sites for hydroxylation is 2. The third-order valence-electron chi connectivity index (χ3n) is 5.82. The quantitative estimate of drug-likeness (QED) is 0.754. The van der Waals surface area contributed by atoms with Crippen molar-refractivity contribution in [1.82, 2.24) is 20.0 Å². The Balaban J connectivity index is 1.40. The summed E-state index contributed by atoms with van der Waals surface area (Å²) in [5.41, 5.74) is 3.99. The molecule has 0 bridgehead atoms. The molecule has 0 aliphatic carbocycles. The summed E-state index contributed by atoms with van der Waals surface area (Å²) in [6, 6.07) is 10.3. The highest BCUT2D eigenvalue weighted by molar-refractivity contribution is 5.96. The monoisotopic (exact) mass is 362 g/mol. The van der Waals surface area contributed by atoms with Crippen LogP contribution in [0.3, 0.4) is 0 Å². The molecule has 2 aliphatic heterocycles. The molecule has 2 aliphatic rings. The number of aromatic nitrogens is 3. The van der Waals surface area contributed by atoms with Crippen molar-refractivity contribution >= 4 is 5.91 Å². The molecule has 5 rings (SSSR count). The molecule has 1 amide bonds. The zero-order chi connectivity index (χ0) is 18.4. The Morgan fingerprint density at radius 1 is 1.22 bits per heavy atom. The molecule has 6 nitrogen and oxygen atoms in total. The van der Waals surface area contributed by atoms with E-state index in [9.17, 15) is 4.79 Å². The predicted octanol–water partition coefficient (Wildman–Crippen LogP) is 3.71. The molecule has 27 heavy (non-hydrogen) atoms. The second-order valence-electron chi connectivity index (χ2n) is 7.63. The minimum atomic E-state index is 0.0905. The first-order valence-corrected chi connectivity index (χ1v) is 9.57. The van der Waals surface area contributed by atoms with Crippen LogP contribution in [-0.4, -0.2) is 38.5 Å². The van der Waals surface area contributed by atoms with E-state index in [4.69, 9.17) is 4.52 Å². The minimum absolute atomic E-state index is 0.0905. The van der Waals surface area contributed by atoms with Gasteiger partial charge in [-0.05, 0) is 55.9 Å². The maximum absolute atomic E-state index is 13.1. The number of hydrogen-bond acceptors (Lipinski definition) is 4. The lowest BCUT2D eigenvalue weighted by Crippen LogP contribution is -2.45. The molecular formula is C21H22N4O2. The van der Waals surface area contributed by atoms with Crippen LogP contribution in [0.4, 0.5) is 0 Å².